The van der Waals surface area contributed by atoms with Gasteiger partial charge in [0.2, 0.25) is 0 Å². The number of pyridine rings is 1. The van der Waals surface area contributed by atoms with Crippen LogP contribution in [0.1, 0.15) is 19.3 Å². The molecule has 0 amide bonds. The highest BCUT2D eigenvalue weighted by molar-refractivity contribution is 7.87. The van der Waals surface area contributed by atoms with Crippen molar-refractivity contribution in [2.75, 3.05) is 13.1 Å². The second-order valence-corrected chi connectivity index (χ2v) is 9.80. The third-order valence-corrected chi connectivity index (χ3v) is 7.99. The number of hydrogen-bond acceptors (Lipinski definition) is 5. The average molecular weight is 383 g/mol. The van der Waals surface area contributed by atoms with Crippen LogP contribution in [-0.4, -0.2) is 50.9 Å². The van der Waals surface area contributed by atoms with Gasteiger partial charge in [-0.05, 0) is 25.3 Å². The molecule has 3 aliphatic carbocycles. The highest BCUT2D eigenvalue weighted by Crippen LogP contribution is 2.66. The molecule has 0 atom stereocenters. The minimum Gasteiger partial charge on any atom is -0.346 e. The number of H-pyrrole nitrogens is 1. The van der Waals surface area contributed by atoms with Crippen molar-refractivity contribution < 1.29 is 8.42 Å². The molecule has 10 heteroatoms. The van der Waals surface area contributed by atoms with E-state index in [-0.39, 0.29) is 30.1 Å². The van der Waals surface area contributed by atoms with Crippen LogP contribution in [0.5, 0.6) is 0 Å². The quantitative estimate of drug-likeness (QED) is 0.692. The zero-order chi connectivity index (χ0) is 18.4. The van der Waals surface area contributed by atoms with E-state index in [0.717, 1.165) is 41.3 Å². The number of nitriles is 1. The minimum atomic E-state index is -3.52. The van der Waals surface area contributed by atoms with Gasteiger partial charge < -0.3 is 9.55 Å². The largest absolute Gasteiger partial charge is 0.346 e. The molecule has 9 nitrogen and oxygen atoms in total. The molecule has 4 aliphatic rings. The van der Waals surface area contributed by atoms with Gasteiger partial charge in [0, 0.05) is 30.2 Å². The Kier molecular flexibility index (Phi) is 2.69. The van der Waals surface area contributed by atoms with Crippen molar-refractivity contribution in [1.29, 1.82) is 5.26 Å². The van der Waals surface area contributed by atoms with Gasteiger partial charge in [0.05, 0.1) is 35.6 Å². The molecule has 3 saturated carbocycles. The molecule has 0 unspecified atom stereocenters. The molecule has 7 rings (SSSR count). The fourth-order valence-electron chi connectivity index (χ4n) is 5.02. The molecule has 0 radical (unpaired) electrons. The summed E-state index contributed by atoms with van der Waals surface area (Å²) in [5, 5.41) is 9.88. The van der Waals surface area contributed by atoms with Crippen LogP contribution >= 0.6 is 0 Å². The summed E-state index contributed by atoms with van der Waals surface area (Å²) in [5.74, 6) is -0.185. The highest BCUT2D eigenvalue weighted by Gasteiger charge is 2.70. The smallest absolute Gasteiger partial charge is 0.280 e. The minimum absolute atomic E-state index is 0.0764. The first-order valence-corrected chi connectivity index (χ1v) is 10.4. The number of hydrogen-bond donors (Lipinski definition) is 2. The zero-order valence-corrected chi connectivity index (χ0v) is 15.2. The number of nitrogens with one attached hydrogen (secondary N) is 2. The first-order valence-electron chi connectivity index (χ1n) is 8.92. The van der Waals surface area contributed by atoms with Crippen molar-refractivity contribution in [3.05, 3.63) is 24.8 Å². The van der Waals surface area contributed by atoms with Crippen LogP contribution in [-0.2, 0) is 15.7 Å². The lowest BCUT2D eigenvalue weighted by Gasteiger charge is -2.70. The maximum atomic E-state index is 12.5. The van der Waals surface area contributed by atoms with E-state index in [1.807, 2.05) is 18.6 Å². The second-order valence-electron chi connectivity index (χ2n) is 8.13. The SMILES string of the molecule is N#CC1CN(S(=O)(=O)NC23CC(n4cnc5cnc6[nH]ccc6c54)(C2)C3)C1. The molecule has 138 valence electrons. The summed E-state index contributed by atoms with van der Waals surface area (Å²) in [6.07, 6.45) is 7.76. The molecule has 4 heterocycles. The standard InChI is InChI=1S/C17H17N7O2S/c18-3-11-5-23(6-11)27(25,26)22-16-7-17(8-16,9-16)24-10-21-13-4-20-15-12(14(13)24)1-2-19-15/h1-2,4,10-11,22H,5-9H2,(H,19,20). The summed E-state index contributed by atoms with van der Waals surface area (Å²) < 4.78 is 31.5. The first-order chi connectivity index (χ1) is 12.9. The summed E-state index contributed by atoms with van der Waals surface area (Å²) in [6, 6.07) is 4.11. The fourth-order valence-corrected chi connectivity index (χ4v) is 6.67. The van der Waals surface area contributed by atoms with Crippen molar-refractivity contribution in [3.8, 4) is 6.07 Å². The average Bonchev–Trinajstić information content (AvgIpc) is 3.14. The highest BCUT2D eigenvalue weighted by atomic mass is 32.2. The molecule has 0 spiro atoms. The van der Waals surface area contributed by atoms with Crippen molar-refractivity contribution >= 4 is 32.3 Å². The summed E-state index contributed by atoms with van der Waals surface area (Å²) in [5.41, 5.74) is 2.29. The lowest BCUT2D eigenvalue weighted by Crippen LogP contribution is -2.79. The number of aromatic amines is 1. The van der Waals surface area contributed by atoms with E-state index in [1.54, 1.807) is 6.20 Å². The Morgan fingerprint density at radius 3 is 2.81 bits per heavy atom. The van der Waals surface area contributed by atoms with Crippen LogP contribution in [0.25, 0.3) is 22.1 Å². The van der Waals surface area contributed by atoms with E-state index >= 15 is 0 Å². The van der Waals surface area contributed by atoms with E-state index in [2.05, 4.69) is 30.3 Å². The predicted molar refractivity (Wildman–Crippen MR) is 96.7 cm³/mol. The maximum Gasteiger partial charge on any atom is 0.280 e. The van der Waals surface area contributed by atoms with Crippen LogP contribution in [0.4, 0.5) is 0 Å². The number of fused-ring (bicyclic) bond motifs is 3. The summed E-state index contributed by atoms with van der Waals surface area (Å²) in [4.78, 5) is 12.0. The predicted octanol–water partition coefficient (Wildman–Crippen LogP) is 0.834. The second kappa shape index (κ2) is 4.67. The Hall–Kier alpha value is -2.48. The van der Waals surface area contributed by atoms with Crippen molar-refractivity contribution in [1.82, 2.24) is 28.5 Å². The van der Waals surface area contributed by atoms with Gasteiger partial charge in [-0.1, -0.05) is 0 Å². The Labute approximate surface area is 155 Å². The first kappa shape index (κ1) is 15.6. The molecule has 2 bridgehead atoms. The number of nitrogens with zero attached hydrogens (tertiary/aromatic N) is 5. The van der Waals surface area contributed by atoms with Gasteiger partial charge in [-0.3, -0.25) is 0 Å². The van der Waals surface area contributed by atoms with Gasteiger partial charge in [-0.25, -0.2) is 9.97 Å². The third kappa shape index (κ3) is 1.91. The Morgan fingerprint density at radius 1 is 1.30 bits per heavy atom. The van der Waals surface area contributed by atoms with E-state index in [0.29, 0.717) is 0 Å². The lowest BCUT2D eigenvalue weighted by molar-refractivity contribution is -0.123. The van der Waals surface area contributed by atoms with Crippen LogP contribution in [0, 0.1) is 17.2 Å². The Bertz CT molecular complexity index is 1230. The molecule has 3 aromatic rings. The van der Waals surface area contributed by atoms with Crippen molar-refractivity contribution in [2.24, 2.45) is 5.92 Å². The van der Waals surface area contributed by atoms with Crippen LogP contribution in [0.2, 0.25) is 0 Å². The molecule has 1 saturated heterocycles. The zero-order valence-electron chi connectivity index (χ0n) is 14.4. The van der Waals surface area contributed by atoms with Gasteiger partial charge >= 0.3 is 0 Å². The molecule has 2 N–H and O–H groups in total. The Morgan fingerprint density at radius 2 is 2.07 bits per heavy atom. The van der Waals surface area contributed by atoms with E-state index in [9.17, 15) is 8.42 Å². The molecular formula is C17H17N7O2S. The normalized spacial score (nSPS) is 30.6. The number of aromatic nitrogens is 4. The van der Waals surface area contributed by atoms with Crippen LogP contribution < -0.4 is 4.72 Å². The Balaban J connectivity index is 1.26. The van der Waals surface area contributed by atoms with Gasteiger partial charge in [0.1, 0.15) is 11.2 Å². The molecule has 4 fully saturated rings. The topological polar surface area (TPSA) is 120 Å². The molecular weight excluding hydrogens is 366 g/mol. The van der Waals surface area contributed by atoms with Crippen LogP contribution in [0.3, 0.4) is 0 Å². The number of rotatable bonds is 4. The lowest BCUT2D eigenvalue weighted by atomic mass is 9.44. The van der Waals surface area contributed by atoms with Crippen molar-refractivity contribution in [2.45, 2.75) is 30.3 Å². The number of imidazole rings is 1. The maximum absolute atomic E-state index is 12.5. The monoisotopic (exact) mass is 383 g/mol. The summed E-state index contributed by atoms with van der Waals surface area (Å²) in [6.45, 7) is 0.579. The van der Waals surface area contributed by atoms with Crippen LogP contribution in [0.15, 0.2) is 24.8 Å². The summed E-state index contributed by atoms with van der Waals surface area (Å²) >= 11 is 0. The van der Waals surface area contributed by atoms with Gasteiger partial charge in [-0.2, -0.15) is 22.7 Å². The molecule has 1 aliphatic heterocycles. The van der Waals surface area contributed by atoms with Gasteiger partial charge in [0.15, 0.2) is 0 Å². The summed E-state index contributed by atoms with van der Waals surface area (Å²) in [7, 11) is -3.52. The van der Waals surface area contributed by atoms with E-state index < -0.39 is 10.2 Å². The van der Waals surface area contributed by atoms with E-state index in [1.165, 1.54) is 4.31 Å². The fraction of sp³-hybridized carbons (Fsp3) is 0.471. The van der Waals surface area contributed by atoms with Crippen molar-refractivity contribution in [3.63, 3.8) is 0 Å². The van der Waals surface area contributed by atoms with Gasteiger partial charge in [-0.15, -0.1) is 0 Å². The molecule has 27 heavy (non-hydrogen) atoms. The van der Waals surface area contributed by atoms with E-state index in [4.69, 9.17) is 5.26 Å². The molecule has 0 aromatic carbocycles. The molecule has 3 aromatic heterocycles. The van der Waals surface area contributed by atoms with Gasteiger partial charge in [0.25, 0.3) is 10.2 Å². The third-order valence-electron chi connectivity index (χ3n) is 6.32.